The number of rotatable bonds is 9. The Bertz CT molecular complexity index is 1130. The van der Waals surface area contributed by atoms with E-state index in [4.69, 9.17) is 4.74 Å². The second kappa shape index (κ2) is 11.2. The third-order valence-electron chi connectivity index (χ3n) is 6.34. The fourth-order valence-corrected chi connectivity index (χ4v) is 4.41. The molecule has 180 valence electrons. The van der Waals surface area contributed by atoms with E-state index < -0.39 is 0 Å². The summed E-state index contributed by atoms with van der Waals surface area (Å²) in [7, 11) is 1.45. The van der Waals surface area contributed by atoms with Gasteiger partial charge >= 0.3 is 5.97 Å². The summed E-state index contributed by atoms with van der Waals surface area (Å²) in [6, 6.07) is 16.8. The lowest BCUT2D eigenvalue weighted by Crippen LogP contribution is -2.11. The molecule has 0 radical (unpaired) electrons. The fraction of sp³-hybridized carbons (Fsp3) is 0.367. The van der Waals surface area contributed by atoms with Crippen molar-refractivity contribution in [2.45, 2.75) is 48.0 Å². The Kier molecular flexibility index (Phi) is 8.38. The van der Waals surface area contributed by atoms with E-state index in [-0.39, 0.29) is 5.97 Å². The molecule has 0 saturated carbocycles. The van der Waals surface area contributed by atoms with E-state index >= 15 is 0 Å². The van der Waals surface area contributed by atoms with Crippen LogP contribution in [0.1, 0.15) is 54.2 Å². The number of benzene rings is 3. The normalized spacial score (nSPS) is 10.9. The molecule has 3 rings (SSSR count). The minimum Gasteiger partial charge on any atom is -0.465 e. The topological polar surface area (TPSA) is 50.4 Å². The summed E-state index contributed by atoms with van der Waals surface area (Å²) in [4.78, 5) is 13.0. The lowest BCUT2D eigenvalue weighted by molar-refractivity contribution is 0.0601. The van der Waals surface area contributed by atoms with Crippen LogP contribution in [0, 0.1) is 26.7 Å². The van der Waals surface area contributed by atoms with Crippen molar-refractivity contribution >= 4 is 17.3 Å². The number of hydrogen-bond acceptors (Lipinski definition) is 4. The number of nitrogens with one attached hydrogen (secondary N) is 2. The molecule has 0 bridgehead atoms. The molecule has 0 unspecified atom stereocenters. The highest BCUT2D eigenvalue weighted by Gasteiger charge is 2.24. The van der Waals surface area contributed by atoms with Gasteiger partial charge in [0.15, 0.2) is 0 Å². The molecule has 2 N–H and O–H groups in total. The first kappa shape index (κ1) is 25.4. The van der Waals surface area contributed by atoms with Gasteiger partial charge in [0.05, 0.1) is 12.7 Å². The number of anilines is 2. The Labute approximate surface area is 204 Å². The summed E-state index contributed by atoms with van der Waals surface area (Å²) < 4.78 is 5.26. The van der Waals surface area contributed by atoms with Gasteiger partial charge in [-0.1, -0.05) is 45.0 Å². The average Bonchev–Trinajstić information content (AvgIpc) is 2.84. The molecule has 34 heavy (non-hydrogen) atoms. The number of hydrogen-bond donors (Lipinski definition) is 2. The minimum atomic E-state index is -0.305. The zero-order chi connectivity index (χ0) is 24.8. The molecule has 0 fully saturated rings. The van der Waals surface area contributed by atoms with Gasteiger partial charge in [-0.05, 0) is 96.3 Å². The number of carbonyl (C=O) groups is 1. The van der Waals surface area contributed by atoms with Crippen molar-refractivity contribution in [1.82, 2.24) is 0 Å². The molecule has 4 nitrogen and oxygen atoms in total. The van der Waals surface area contributed by atoms with Gasteiger partial charge in [-0.2, -0.15) is 0 Å². The molecule has 0 heterocycles. The second-order valence-electron chi connectivity index (χ2n) is 9.35. The first-order chi connectivity index (χ1) is 16.3. The van der Waals surface area contributed by atoms with Gasteiger partial charge in [-0.3, -0.25) is 0 Å². The van der Waals surface area contributed by atoms with Gasteiger partial charge in [0, 0.05) is 24.5 Å². The molecule has 0 spiro atoms. The lowest BCUT2D eigenvalue weighted by atomic mass is 9.82. The number of carbonyl (C=O) groups excluding carboxylic acids is 1. The Morgan fingerprint density at radius 2 is 1.29 bits per heavy atom. The van der Waals surface area contributed by atoms with Crippen molar-refractivity contribution in [3.63, 3.8) is 0 Å². The maximum Gasteiger partial charge on any atom is 0.338 e. The number of methoxy groups -OCH3 is 1. The van der Waals surface area contributed by atoms with E-state index in [9.17, 15) is 4.79 Å². The lowest BCUT2D eigenvalue weighted by Gasteiger charge is -2.22. The molecule has 3 aromatic carbocycles. The highest BCUT2D eigenvalue weighted by atomic mass is 16.5. The third kappa shape index (κ3) is 5.44. The average molecular weight is 459 g/mol. The Balaban J connectivity index is 2.11. The van der Waals surface area contributed by atoms with Crippen molar-refractivity contribution in [3.05, 3.63) is 70.8 Å². The summed E-state index contributed by atoms with van der Waals surface area (Å²) in [6.45, 7) is 14.7. The number of esters is 1. The van der Waals surface area contributed by atoms with Crippen LogP contribution in [0.2, 0.25) is 0 Å². The van der Waals surface area contributed by atoms with Gasteiger partial charge in [-0.25, -0.2) is 4.79 Å². The van der Waals surface area contributed by atoms with Crippen LogP contribution >= 0.6 is 0 Å². The molecular weight excluding hydrogens is 420 g/mol. The van der Waals surface area contributed by atoms with Crippen LogP contribution in [0.15, 0.2) is 48.5 Å². The van der Waals surface area contributed by atoms with Crippen molar-refractivity contribution in [3.8, 4) is 22.3 Å². The van der Waals surface area contributed by atoms with Gasteiger partial charge in [0.1, 0.15) is 0 Å². The summed E-state index contributed by atoms with van der Waals surface area (Å²) in [6.07, 6.45) is 1.08. The molecule has 0 atom stereocenters. The standard InChI is InChI=1S/C30H38N2O2/c1-8-17-31-25-13-9-23(10-14-25)27-20(4)21(5)28(29(22(27)6)30(33)34-7)24-11-15-26(16-12-24)32-18-19(2)3/h9-16,19,31-32H,8,17-18H2,1-7H3. The van der Waals surface area contributed by atoms with E-state index in [1.54, 1.807) is 0 Å². The SMILES string of the molecule is CCCNc1ccc(-c2c(C)c(C)c(-c3ccc(NCC(C)C)cc3)c(C(=O)OC)c2C)cc1. The van der Waals surface area contributed by atoms with E-state index in [2.05, 4.69) is 93.8 Å². The van der Waals surface area contributed by atoms with Crippen LogP contribution in [0.3, 0.4) is 0 Å². The largest absolute Gasteiger partial charge is 0.465 e. The maximum absolute atomic E-state index is 13.0. The maximum atomic E-state index is 13.0. The molecule has 0 amide bonds. The van der Waals surface area contributed by atoms with Crippen LogP contribution in [-0.4, -0.2) is 26.2 Å². The molecule has 0 aromatic heterocycles. The fourth-order valence-electron chi connectivity index (χ4n) is 4.41. The third-order valence-corrected chi connectivity index (χ3v) is 6.34. The molecular formula is C30H38N2O2. The summed E-state index contributed by atoms with van der Waals surface area (Å²) >= 11 is 0. The first-order valence-corrected chi connectivity index (χ1v) is 12.2. The second-order valence-corrected chi connectivity index (χ2v) is 9.35. The van der Waals surface area contributed by atoms with Crippen LogP contribution in [0.5, 0.6) is 0 Å². The first-order valence-electron chi connectivity index (χ1n) is 12.2. The van der Waals surface area contributed by atoms with Gasteiger partial charge in [0.25, 0.3) is 0 Å². The summed E-state index contributed by atoms with van der Waals surface area (Å²) in [5.74, 6) is 0.266. The van der Waals surface area contributed by atoms with E-state index in [0.29, 0.717) is 11.5 Å². The van der Waals surface area contributed by atoms with Gasteiger partial charge in [0.2, 0.25) is 0 Å². The van der Waals surface area contributed by atoms with Crippen LogP contribution in [-0.2, 0) is 4.74 Å². The Morgan fingerprint density at radius 3 is 1.79 bits per heavy atom. The minimum absolute atomic E-state index is 0.305. The Hall–Kier alpha value is -3.27. The summed E-state index contributed by atoms with van der Waals surface area (Å²) in [5.41, 5.74) is 10.2. The smallest absolute Gasteiger partial charge is 0.338 e. The molecule has 3 aromatic rings. The molecule has 0 aliphatic rings. The molecule has 4 heteroatoms. The Morgan fingerprint density at radius 1 is 0.794 bits per heavy atom. The van der Waals surface area contributed by atoms with Crippen LogP contribution in [0.25, 0.3) is 22.3 Å². The van der Waals surface area contributed by atoms with Crippen molar-refractivity contribution in [2.75, 3.05) is 30.8 Å². The predicted octanol–water partition coefficient (Wildman–Crippen LogP) is 7.62. The van der Waals surface area contributed by atoms with Gasteiger partial charge in [-0.15, -0.1) is 0 Å². The molecule has 0 aliphatic carbocycles. The predicted molar refractivity (Wildman–Crippen MR) is 145 cm³/mol. The van der Waals surface area contributed by atoms with Crippen LogP contribution < -0.4 is 10.6 Å². The summed E-state index contributed by atoms with van der Waals surface area (Å²) in [5, 5.41) is 6.88. The highest BCUT2D eigenvalue weighted by molar-refractivity contribution is 6.03. The zero-order valence-electron chi connectivity index (χ0n) is 21.6. The van der Waals surface area contributed by atoms with E-state index in [0.717, 1.165) is 64.3 Å². The van der Waals surface area contributed by atoms with Crippen molar-refractivity contribution in [1.29, 1.82) is 0 Å². The molecule has 0 saturated heterocycles. The van der Waals surface area contributed by atoms with Gasteiger partial charge < -0.3 is 15.4 Å². The van der Waals surface area contributed by atoms with E-state index in [1.807, 2.05) is 6.92 Å². The van der Waals surface area contributed by atoms with Crippen molar-refractivity contribution < 1.29 is 9.53 Å². The van der Waals surface area contributed by atoms with Crippen molar-refractivity contribution in [2.24, 2.45) is 5.92 Å². The quantitative estimate of drug-likeness (QED) is 0.324. The van der Waals surface area contributed by atoms with Crippen LogP contribution in [0.4, 0.5) is 11.4 Å². The highest BCUT2D eigenvalue weighted by Crippen LogP contribution is 2.40. The molecule has 0 aliphatic heterocycles. The monoisotopic (exact) mass is 458 g/mol. The van der Waals surface area contributed by atoms with E-state index in [1.165, 1.54) is 12.7 Å². The number of ether oxygens (including phenoxy) is 1. The zero-order valence-corrected chi connectivity index (χ0v) is 21.6.